The van der Waals surface area contributed by atoms with Crippen LogP contribution in [0, 0.1) is 5.92 Å². The van der Waals surface area contributed by atoms with Gasteiger partial charge in [0.25, 0.3) is 5.91 Å². The summed E-state index contributed by atoms with van der Waals surface area (Å²) in [6.45, 7) is 2.13. The summed E-state index contributed by atoms with van der Waals surface area (Å²) in [7, 11) is -3.30. The molecule has 5 N–H and O–H groups in total. The van der Waals surface area contributed by atoms with Gasteiger partial charge < -0.3 is 26.4 Å². The summed E-state index contributed by atoms with van der Waals surface area (Å²) in [5, 5.41) is 15.0. The van der Waals surface area contributed by atoms with E-state index in [-0.39, 0.29) is 24.8 Å². The van der Waals surface area contributed by atoms with Crippen LogP contribution in [0.25, 0.3) is 0 Å². The number of aliphatic carboxylic acids is 1. The van der Waals surface area contributed by atoms with Gasteiger partial charge in [-0.05, 0) is 64.0 Å². The fourth-order valence-corrected chi connectivity index (χ4v) is 5.61. The maximum atomic E-state index is 13.3. The molecule has 1 saturated carbocycles. The Morgan fingerprint density at radius 2 is 1.80 bits per heavy atom. The Morgan fingerprint density at radius 3 is 2.42 bits per heavy atom. The largest absolute Gasteiger partial charge is 0.480 e. The average Bonchev–Trinajstić information content (AvgIpc) is 3.37. The third-order valence-electron chi connectivity index (χ3n) is 7.30. The van der Waals surface area contributed by atoms with Crippen LogP contribution >= 0.6 is 8.25 Å². The molecule has 13 heteroatoms. The molecular weight excluding hydrogens is 539 g/mol. The summed E-state index contributed by atoms with van der Waals surface area (Å²) in [5.41, 5.74) is 6.40. The summed E-state index contributed by atoms with van der Waals surface area (Å²) in [6, 6.07) is 7.36. The van der Waals surface area contributed by atoms with Crippen LogP contribution in [0.5, 0.6) is 0 Å². The Labute approximate surface area is 235 Å². The molecule has 0 spiro atoms. The van der Waals surface area contributed by atoms with Gasteiger partial charge in [-0.25, -0.2) is 4.79 Å². The number of nitrogens with two attached hydrogens (primary N) is 1. The first-order chi connectivity index (χ1) is 19.2. The first-order valence-electron chi connectivity index (χ1n) is 13.9. The third-order valence-corrected chi connectivity index (χ3v) is 8.33. The third kappa shape index (κ3) is 9.40. The van der Waals surface area contributed by atoms with Gasteiger partial charge in [-0.1, -0.05) is 36.8 Å². The van der Waals surface area contributed by atoms with E-state index < -0.39 is 50.5 Å². The number of likely N-dealkylation sites (tertiary alicyclic amines) is 1. The monoisotopic (exact) mass is 580 g/mol. The molecule has 0 radical (unpaired) electrons. The lowest BCUT2D eigenvalue weighted by Gasteiger charge is -2.28. The van der Waals surface area contributed by atoms with Crippen molar-refractivity contribution in [3.8, 4) is 0 Å². The fourth-order valence-electron chi connectivity index (χ4n) is 4.79. The molecule has 1 aliphatic heterocycles. The van der Waals surface area contributed by atoms with E-state index in [4.69, 9.17) is 14.8 Å². The van der Waals surface area contributed by atoms with Gasteiger partial charge in [-0.2, -0.15) is 0 Å². The standard InChI is InChI=1S/C27H41N4O8P/c1-18(26(34)31-16-8-14-22(31)27(35)36)38-40(37)39-23(17-19-9-3-2-4-10-19)30-25(33)21(13-5-6-15-28)29-24(32)20-11-7-12-20/h2-4,9-10,18,20-23,40H,5-8,11-17,28H2,1H3,(H,29,32)(H,30,33)(H,35,36)/t18?,21-,22-,23-/m0/s1. The maximum absolute atomic E-state index is 13.3. The van der Waals surface area contributed by atoms with Crippen LogP contribution in [0.2, 0.25) is 0 Å². The van der Waals surface area contributed by atoms with Crippen molar-refractivity contribution in [2.24, 2.45) is 11.7 Å². The zero-order valence-corrected chi connectivity index (χ0v) is 23.9. The molecule has 0 bridgehead atoms. The summed E-state index contributed by atoms with van der Waals surface area (Å²) >= 11 is 0. The molecule has 3 amide bonds. The maximum Gasteiger partial charge on any atom is 0.326 e. The lowest BCUT2D eigenvalue weighted by Crippen LogP contribution is -2.52. The molecule has 1 heterocycles. The summed E-state index contributed by atoms with van der Waals surface area (Å²) in [5.74, 6) is -2.43. The number of carboxylic acids is 1. The number of carboxylic acid groups (broad SMARTS) is 1. The molecule has 2 aliphatic rings. The quantitative estimate of drug-likeness (QED) is 0.129. The number of rotatable bonds is 16. The molecule has 1 aromatic carbocycles. The SMILES string of the molecule is CC(O[PH](=O)O[C@@H](Cc1ccccc1)NC(=O)[C@H](CCCCN)NC(=O)C1CCC1)C(=O)N1CCC[C@H]1C(=O)O. The molecule has 0 aromatic heterocycles. The Hall–Kier alpha value is -2.79. The van der Waals surface area contributed by atoms with E-state index in [2.05, 4.69) is 10.6 Å². The fraction of sp³-hybridized carbons (Fsp3) is 0.630. The Bertz CT molecular complexity index is 1040. The number of unbranched alkanes of at least 4 members (excludes halogenated alkanes) is 1. The molecule has 1 saturated heterocycles. The van der Waals surface area contributed by atoms with Crippen LogP contribution in [0.3, 0.4) is 0 Å². The van der Waals surface area contributed by atoms with Gasteiger partial charge in [-0.3, -0.25) is 28.0 Å². The van der Waals surface area contributed by atoms with Gasteiger partial charge in [0.15, 0.2) is 0 Å². The first kappa shape index (κ1) is 31.7. The minimum absolute atomic E-state index is 0.0959. The Balaban J connectivity index is 1.66. The van der Waals surface area contributed by atoms with E-state index in [1.807, 2.05) is 30.3 Å². The van der Waals surface area contributed by atoms with Gasteiger partial charge in [0.05, 0.1) is 0 Å². The van der Waals surface area contributed by atoms with Gasteiger partial charge in [0.2, 0.25) is 11.8 Å². The molecule has 1 aromatic rings. The van der Waals surface area contributed by atoms with E-state index >= 15 is 0 Å². The number of benzene rings is 1. The summed E-state index contributed by atoms with van der Waals surface area (Å²) in [6.07, 6.45) is 3.07. The summed E-state index contributed by atoms with van der Waals surface area (Å²) < 4.78 is 23.9. The van der Waals surface area contributed by atoms with Crippen molar-refractivity contribution < 1.29 is 37.9 Å². The highest BCUT2D eigenvalue weighted by atomic mass is 31.1. The van der Waals surface area contributed by atoms with E-state index in [9.17, 15) is 28.8 Å². The van der Waals surface area contributed by atoms with Crippen LogP contribution in [-0.2, 0) is 39.2 Å². The van der Waals surface area contributed by atoms with Crippen molar-refractivity contribution in [1.82, 2.24) is 15.5 Å². The van der Waals surface area contributed by atoms with Crippen LogP contribution < -0.4 is 16.4 Å². The van der Waals surface area contributed by atoms with Crippen molar-refractivity contribution in [3.63, 3.8) is 0 Å². The topological polar surface area (TPSA) is 177 Å². The predicted octanol–water partition coefficient (Wildman–Crippen LogP) is 1.97. The summed E-state index contributed by atoms with van der Waals surface area (Å²) in [4.78, 5) is 51.4. The molecule has 3 rings (SSSR count). The lowest BCUT2D eigenvalue weighted by atomic mass is 9.84. The van der Waals surface area contributed by atoms with Crippen LogP contribution in [-0.4, -0.2) is 71.2 Å². The molecule has 222 valence electrons. The smallest absolute Gasteiger partial charge is 0.326 e. The predicted molar refractivity (Wildman–Crippen MR) is 147 cm³/mol. The molecule has 1 aliphatic carbocycles. The van der Waals surface area contributed by atoms with Gasteiger partial charge in [-0.15, -0.1) is 0 Å². The number of nitrogens with one attached hydrogen (secondary N) is 2. The second-order valence-corrected chi connectivity index (χ2v) is 11.3. The zero-order chi connectivity index (χ0) is 29.1. The van der Waals surface area contributed by atoms with Crippen LogP contribution in [0.15, 0.2) is 30.3 Å². The van der Waals surface area contributed by atoms with E-state index in [0.717, 1.165) is 24.8 Å². The lowest BCUT2D eigenvalue weighted by molar-refractivity contribution is -0.151. The van der Waals surface area contributed by atoms with Crippen molar-refractivity contribution in [2.75, 3.05) is 13.1 Å². The molecule has 12 nitrogen and oxygen atoms in total. The molecule has 2 fully saturated rings. The Morgan fingerprint density at radius 1 is 1.07 bits per heavy atom. The number of amides is 3. The zero-order valence-electron chi connectivity index (χ0n) is 22.9. The second-order valence-electron chi connectivity index (χ2n) is 10.3. The van der Waals surface area contributed by atoms with Crippen LogP contribution in [0.1, 0.15) is 63.9 Å². The highest BCUT2D eigenvalue weighted by Crippen LogP contribution is 2.31. The molecular formula is C27H41N4O8P. The molecule has 5 atom stereocenters. The molecule has 2 unspecified atom stereocenters. The van der Waals surface area contributed by atoms with Crippen molar-refractivity contribution in [2.45, 2.75) is 89.1 Å². The van der Waals surface area contributed by atoms with Crippen molar-refractivity contribution in [3.05, 3.63) is 35.9 Å². The minimum atomic E-state index is -3.30. The van der Waals surface area contributed by atoms with Crippen molar-refractivity contribution >= 4 is 31.9 Å². The van der Waals surface area contributed by atoms with E-state index in [1.165, 1.54) is 11.8 Å². The number of hydrogen-bond acceptors (Lipinski definition) is 8. The van der Waals surface area contributed by atoms with Crippen molar-refractivity contribution in [1.29, 1.82) is 0 Å². The number of carbonyl (C=O) groups is 4. The van der Waals surface area contributed by atoms with E-state index in [0.29, 0.717) is 38.6 Å². The van der Waals surface area contributed by atoms with Gasteiger partial charge in [0.1, 0.15) is 24.4 Å². The van der Waals surface area contributed by atoms with E-state index in [1.54, 1.807) is 0 Å². The highest BCUT2D eigenvalue weighted by molar-refractivity contribution is 7.33. The average molecular weight is 581 g/mol. The van der Waals surface area contributed by atoms with Gasteiger partial charge in [0, 0.05) is 18.9 Å². The number of carbonyl (C=O) groups excluding carboxylic acids is 3. The number of nitrogens with zero attached hydrogens (tertiary/aromatic N) is 1. The first-order valence-corrected chi connectivity index (χ1v) is 15.2. The number of hydrogen-bond donors (Lipinski definition) is 4. The molecule has 40 heavy (non-hydrogen) atoms. The normalized spacial score (nSPS) is 20.1. The highest BCUT2D eigenvalue weighted by Gasteiger charge is 2.37. The minimum Gasteiger partial charge on any atom is -0.480 e. The Kier molecular flexibility index (Phi) is 12.6. The van der Waals surface area contributed by atoms with Crippen LogP contribution in [0.4, 0.5) is 0 Å². The second kappa shape index (κ2) is 15.9. The van der Waals surface area contributed by atoms with Gasteiger partial charge >= 0.3 is 14.2 Å².